The minimum absolute atomic E-state index is 0.107. The van der Waals surface area contributed by atoms with Crippen molar-refractivity contribution in [2.75, 3.05) is 12.4 Å². The molecule has 0 spiro atoms. The number of benzene rings is 1. The van der Waals surface area contributed by atoms with E-state index < -0.39 is 0 Å². The summed E-state index contributed by atoms with van der Waals surface area (Å²) in [5, 5.41) is 16.5. The van der Waals surface area contributed by atoms with Gasteiger partial charge in [0.25, 0.3) is 0 Å². The fraction of sp³-hybridized carbons (Fsp3) is 0.333. The fourth-order valence-electron chi connectivity index (χ4n) is 2.05. The zero-order valence-corrected chi connectivity index (χ0v) is 12.4. The molecular weight excluding hydrogens is 270 g/mol. The molecule has 0 aliphatic heterocycles. The Morgan fingerprint density at radius 3 is 2.86 bits per heavy atom. The van der Waals surface area contributed by atoms with Crippen LogP contribution >= 0.6 is 0 Å². The van der Waals surface area contributed by atoms with Gasteiger partial charge < -0.3 is 15.2 Å². The van der Waals surface area contributed by atoms with Gasteiger partial charge in [-0.05, 0) is 19.9 Å². The topological polar surface area (TPSA) is 76.4 Å². The predicted octanol–water partition coefficient (Wildman–Crippen LogP) is 2.11. The normalized spacial score (nSPS) is 10.4. The number of amides is 1. The number of phenolic OH excluding ortho intramolecular Hbond substituents is 1. The molecule has 6 nitrogen and oxygen atoms in total. The largest absolute Gasteiger partial charge is 0.508 e. The summed E-state index contributed by atoms with van der Waals surface area (Å²) in [6, 6.07) is 4.70. The van der Waals surface area contributed by atoms with Gasteiger partial charge in [-0.25, -0.2) is 0 Å². The number of phenols is 1. The van der Waals surface area contributed by atoms with Crippen LogP contribution < -0.4 is 10.1 Å². The smallest absolute Gasteiger partial charge is 0.229 e. The minimum atomic E-state index is -0.155. The molecule has 1 amide bonds. The van der Waals surface area contributed by atoms with Crippen molar-refractivity contribution in [2.45, 2.75) is 26.8 Å². The molecule has 1 heterocycles. The Kier molecular flexibility index (Phi) is 4.47. The van der Waals surface area contributed by atoms with Crippen molar-refractivity contribution >= 4 is 11.6 Å². The third-order valence-corrected chi connectivity index (χ3v) is 3.17. The highest BCUT2D eigenvalue weighted by Gasteiger charge is 2.12. The zero-order valence-electron chi connectivity index (χ0n) is 12.4. The first-order chi connectivity index (χ1) is 10.0. The number of ether oxygens (including phenoxy) is 1. The Morgan fingerprint density at radius 1 is 1.48 bits per heavy atom. The number of carbonyl (C=O) groups is 1. The van der Waals surface area contributed by atoms with Crippen LogP contribution in [0.4, 0.5) is 5.69 Å². The van der Waals surface area contributed by atoms with Crippen LogP contribution in [-0.2, 0) is 17.8 Å². The van der Waals surface area contributed by atoms with E-state index in [1.807, 2.05) is 13.8 Å². The predicted molar refractivity (Wildman–Crippen MR) is 79.6 cm³/mol. The average Bonchev–Trinajstić information content (AvgIpc) is 2.81. The van der Waals surface area contributed by atoms with Gasteiger partial charge in [-0.3, -0.25) is 9.48 Å². The second kappa shape index (κ2) is 6.30. The third-order valence-electron chi connectivity index (χ3n) is 3.17. The highest BCUT2D eigenvalue weighted by molar-refractivity contribution is 5.93. The lowest BCUT2D eigenvalue weighted by Crippen LogP contribution is -2.15. The number of aryl methyl sites for hydroxylation is 2. The molecule has 0 radical (unpaired) electrons. The Labute approximate surface area is 123 Å². The van der Waals surface area contributed by atoms with Crippen molar-refractivity contribution in [2.24, 2.45) is 0 Å². The monoisotopic (exact) mass is 289 g/mol. The molecule has 112 valence electrons. The summed E-state index contributed by atoms with van der Waals surface area (Å²) in [6.07, 6.45) is 1.97. The summed E-state index contributed by atoms with van der Waals surface area (Å²) in [4.78, 5) is 12.1. The van der Waals surface area contributed by atoms with Crippen LogP contribution in [0.2, 0.25) is 0 Å². The zero-order chi connectivity index (χ0) is 15.4. The molecule has 1 aromatic heterocycles. The SMILES string of the molecule is CCn1cc(NC(=O)Cc2ccc(O)cc2OC)c(C)n1. The number of methoxy groups -OCH3 is 1. The molecule has 2 rings (SSSR count). The molecule has 0 aliphatic rings. The van der Waals surface area contributed by atoms with Gasteiger partial charge in [-0.15, -0.1) is 0 Å². The van der Waals surface area contributed by atoms with E-state index in [-0.39, 0.29) is 18.1 Å². The number of anilines is 1. The number of nitrogens with zero attached hydrogens (tertiary/aromatic N) is 2. The molecule has 0 aliphatic carbocycles. The van der Waals surface area contributed by atoms with Gasteiger partial charge in [-0.1, -0.05) is 6.07 Å². The minimum Gasteiger partial charge on any atom is -0.508 e. The lowest BCUT2D eigenvalue weighted by molar-refractivity contribution is -0.115. The lowest BCUT2D eigenvalue weighted by Gasteiger charge is -2.09. The van der Waals surface area contributed by atoms with Crippen molar-refractivity contribution in [1.82, 2.24) is 9.78 Å². The summed E-state index contributed by atoms with van der Waals surface area (Å²) in [5.41, 5.74) is 2.20. The third kappa shape index (κ3) is 3.53. The van der Waals surface area contributed by atoms with Crippen LogP contribution in [0.5, 0.6) is 11.5 Å². The standard InChI is InChI=1S/C15H19N3O3/c1-4-18-9-13(10(2)17-18)16-15(20)7-11-5-6-12(19)8-14(11)21-3/h5-6,8-9,19H,4,7H2,1-3H3,(H,16,20). The summed E-state index contributed by atoms with van der Waals surface area (Å²) in [5.74, 6) is 0.444. The first-order valence-corrected chi connectivity index (χ1v) is 6.73. The molecule has 0 atom stereocenters. The molecule has 0 unspecified atom stereocenters. The van der Waals surface area contributed by atoms with Gasteiger partial charge in [-0.2, -0.15) is 5.10 Å². The Hall–Kier alpha value is -2.50. The second-order valence-electron chi connectivity index (χ2n) is 4.70. The molecule has 0 fully saturated rings. The number of nitrogens with one attached hydrogen (secondary N) is 1. The van der Waals surface area contributed by atoms with Gasteiger partial charge in [0.1, 0.15) is 11.5 Å². The van der Waals surface area contributed by atoms with E-state index in [2.05, 4.69) is 10.4 Å². The van der Waals surface area contributed by atoms with Crippen molar-refractivity contribution in [3.05, 3.63) is 35.7 Å². The van der Waals surface area contributed by atoms with Gasteiger partial charge >= 0.3 is 0 Å². The van der Waals surface area contributed by atoms with Gasteiger partial charge in [0.2, 0.25) is 5.91 Å². The highest BCUT2D eigenvalue weighted by Crippen LogP contribution is 2.24. The molecule has 0 saturated carbocycles. The van der Waals surface area contributed by atoms with Crippen LogP contribution in [0.15, 0.2) is 24.4 Å². The van der Waals surface area contributed by atoms with E-state index in [1.165, 1.54) is 19.2 Å². The number of aromatic hydroxyl groups is 1. The molecule has 2 N–H and O–H groups in total. The van der Waals surface area contributed by atoms with E-state index in [1.54, 1.807) is 16.9 Å². The Balaban J connectivity index is 2.09. The van der Waals surface area contributed by atoms with Crippen LogP contribution in [0.3, 0.4) is 0 Å². The maximum Gasteiger partial charge on any atom is 0.229 e. The number of carbonyl (C=O) groups excluding carboxylic acids is 1. The first-order valence-electron chi connectivity index (χ1n) is 6.73. The van der Waals surface area contributed by atoms with Crippen molar-refractivity contribution in [3.63, 3.8) is 0 Å². The molecule has 2 aromatic rings. The summed E-state index contributed by atoms with van der Waals surface area (Å²) in [6.45, 7) is 4.59. The molecule has 1 aromatic carbocycles. The number of hydrogen-bond donors (Lipinski definition) is 2. The quantitative estimate of drug-likeness (QED) is 0.884. The second-order valence-corrected chi connectivity index (χ2v) is 4.70. The van der Waals surface area contributed by atoms with Gasteiger partial charge in [0.05, 0.1) is 24.9 Å². The van der Waals surface area contributed by atoms with Crippen LogP contribution in [0.1, 0.15) is 18.2 Å². The maximum atomic E-state index is 12.1. The molecule has 0 saturated heterocycles. The fourth-order valence-corrected chi connectivity index (χ4v) is 2.05. The van der Waals surface area contributed by atoms with Crippen LogP contribution in [0, 0.1) is 6.92 Å². The van der Waals surface area contributed by atoms with Gasteiger partial charge in [0.15, 0.2) is 0 Å². The first kappa shape index (κ1) is 14.9. The number of aromatic nitrogens is 2. The van der Waals surface area contributed by atoms with Crippen LogP contribution in [0.25, 0.3) is 0 Å². The van der Waals surface area contributed by atoms with Crippen molar-refractivity contribution in [1.29, 1.82) is 0 Å². The van der Waals surface area contributed by atoms with E-state index in [4.69, 9.17) is 4.74 Å². The molecule has 21 heavy (non-hydrogen) atoms. The van der Waals surface area contributed by atoms with E-state index in [0.717, 1.165) is 12.2 Å². The van der Waals surface area contributed by atoms with Crippen molar-refractivity contribution < 1.29 is 14.6 Å². The summed E-state index contributed by atoms with van der Waals surface area (Å²) < 4.78 is 6.94. The van der Waals surface area contributed by atoms with E-state index in [9.17, 15) is 9.90 Å². The Bertz CT molecular complexity index is 650. The summed E-state index contributed by atoms with van der Waals surface area (Å²) >= 11 is 0. The van der Waals surface area contributed by atoms with E-state index >= 15 is 0 Å². The lowest BCUT2D eigenvalue weighted by atomic mass is 10.1. The Morgan fingerprint density at radius 2 is 2.24 bits per heavy atom. The molecule has 6 heteroatoms. The van der Waals surface area contributed by atoms with Gasteiger partial charge in [0, 0.05) is 24.4 Å². The van der Waals surface area contributed by atoms with E-state index in [0.29, 0.717) is 17.0 Å². The average molecular weight is 289 g/mol. The van der Waals surface area contributed by atoms with Crippen LogP contribution in [-0.4, -0.2) is 27.9 Å². The highest BCUT2D eigenvalue weighted by atomic mass is 16.5. The molecule has 0 bridgehead atoms. The molecular formula is C15H19N3O3. The number of hydrogen-bond acceptors (Lipinski definition) is 4. The maximum absolute atomic E-state index is 12.1. The number of rotatable bonds is 5. The van der Waals surface area contributed by atoms with Crippen molar-refractivity contribution in [3.8, 4) is 11.5 Å². The summed E-state index contributed by atoms with van der Waals surface area (Å²) in [7, 11) is 1.51.